The number of nitrogens with zero attached hydrogens (tertiary/aromatic N) is 1. The summed E-state index contributed by atoms with van der Waals surface area (Å²) in [5.74, 6) is 0.635. The molecule has 1 saturated carbocycles. The zero-order valence-corrected chi connectivity index (χ0v) is 13.4. The summed E-state index contributed by atoms with van der Waals surface area (Å²) in [5.41, 5.74) is 3.46. The van der Waals surface area contributed by atoms with Crippen molar-refractivity contribution in [3.63, 3.8) is 0 Å². The predicted molar refractivity (Wildman–Crippen MR) is 91.3 cm³/mol. The fourth-order valence-electron chi connectivity index (χ4n) is 3.16. The molecule has 1 aromatic carbocycles. The lowest BCUT2D eigenvalue weighted by atomic mass is 9.97. The molecule has 2 aliphatic rings. The molecule has 0 radical (unpaired) electrons. The highest BCUT2D eigenvalue weighted by Crippen LogP contribution is 2.37. The van der Waals surface area contributed by atoms with Crippen LogP contribution in [0.2, 0.25) is 0 Å². The number of hydrogen-bond acceptors (Lipinski definition) is 4. The van der Waals surface area contributed by atoms with Crippen LogP contribution in [0.3, 0.4) is 0 Å². The highest BCUT2D eigenvalue weighted by molar-refractivity contribution is 5.92. The van der Waals surface area contributed by atoms with Gasteiger partial charge in [-0.2, -0.15) is 0 Å². The summed E-state index contributed by atoms with van der Waals surface area (Å²) in [6, 6.07) is 7.37. The maximum Gasteiger partial charge on any atom is 0.270 e. The van der Waals surface area contributed by atoms with Gasteiger partial charge in [0, 0.05) is 30.8 Å². The molecule has 2 aromatic rings. The number of nitrogens with one attached hydrogen (secondary N) is 3. The van der Waals surface area contributed by atoms with Gasteiger partial charge in [0.25, 0.3) is 11.5 Å². The lowest BCUT2D eigenvalue weighted by Crippen LogP contribution is -2.27. The van der Waals surface area contributed by atoms with Gasteiger partial charge < -0.3 is 15.6 Å². The Bertz CT molecular complexity index is 839. The third-order valence-corrected chi connectivity index (χ3v) is 4.59. The van der Waals surface area contributed by atoms with Gasteiger partial charge in [-0.25, -0.2) is 4.98 Å². The maximum atomic E-state index is 12.4. The first kappa shape index (κ1) is 14.9. The molecule has 3 N–H and O–H groups in total. The smallest absolute Gasteiger partial charge is 0.270 e. The molecular weight excluding hydrogens is 304 g/mol. The molecule has 0 spiro atoms. The second-order valence-electron chi connectivity index (χ2n) is 6.45. The number of H-pyrrole nitrogens is 1. The minimum Gasteiger partial charge on any atom is -0.385 e. The lowest BCUT2D eigenvalue weighted by molar-refractivity contribution is 0.0945. The summed E-state index contributed by atoms with van der Waals surface area (Å²) in [4.78, 5) is 31.2. The van der Waals surface area contributed by atoms with Crippen LogP contribution in [0.4, 0.5) is 5.69 Å². The number of rotatable bonds is 4. The van der Waals surface area contributed by atoms with Crippen LogP contribution >= 0.6 is 0 Å². The largest absolute Gasteiger partial charge is 0.385 e. The average molecular weight is 324 g/mol. The zero-order chi connectivity index (χ0) is 16.5. The molecule has 1 aliphatic carbocycles. The van der Waals surface area contributed by atoms with Gasteiger partial charge in [-0.05, 0) is 42.9 Å². The molecule has 24 heavy (non-hydrogen) atoms. The van der Waals surface area contributed by atoms with Crippen molar-refractivity contribution in [3.05, 3.63) is 57.3 Å². The Kier molecular flexibility index (Phi) is 3.80. The van der Waals surface area contributed by atoms with Crippen LogP contribution in [0.1, 0.15) is 52.6 Å². The Morgan fingerprint density at radius 1 is 1.33 bits per heavy atom. The van der Waals surface area contributed by atoms with Crippen molar-refractivity contribution in [2.24, 2.45) is 0 Å². The van der Waals surface area contributed by atoms with E-state index >= 15 is 0 Å². The monoisotopic (exact) mass is 324 g/mol. The highest BCUT2D eigenvalue weighted by atomic mass is 16.2. The number of amides is 1. The third-order valence-electron chi connectivity index (χ3n) is 4.59. The Labute approximate surface area is 139 Å². The van der Waals surface area contributed by atoms with E-state index < -0.39 is 0 Å². The average Bonchev–Trinajstić information content (AvgIpc) is 3.44. The molecule has 4 rings (SSSR count). The second kappa shape index (κ2) is 6.11. The summed E-state index contributed by atoms with van der Waals surface area (Å²) < 4.78 is 0. The number of carbonyl (C=O) groups excluding carboxylic acids is 1. The Balaban J connectivity index is 1.50. The van der Waals surface area contributed by atoms with Crippen molar-refractivity contribution in [1.29, 1.82) is 0 Å². The highest BCUT2D eigenvalue weighted by Gasteiger charge is 2.27. The summed E-state index contributed by atoms with van der Waals surface area (Å²) in [6.07, 6.45) is 4.16. The number of benzene rings is 1. The molecular formula is C18H20N4O2. The minimum atomic E-state index is -0.302. The van der Waals surface area contributed by atoms with Crippen molar-refractivity contribution >= 4 is 11.6 Å². The van der Waals surface area contributed by atoms with Crippen molar-refractivity contribution in [2.75, 3.05) is 11.9 Å². The van der Waals surface area contributed by atoms with E-state index in [1.54, 1.807) is 0 Å². The normalized spacial score (nSPS) is 16.2. The van der Waals surface area contributed by atoms with Crippen LogP contribution in [0.5, 0.6) is 0 Å². The molecule has 0 atom stereocenters. The van der Waals surface area contributed by atoms with Crippen LogP contribution < -0.4 is 16.2 Å². The fourth-order valence-corrected chi connectivity index (χ4v) is 3.16. The number of aromatic nitrogens is 2. The summed E-state index contributed by atoms with van der Waals surface area (Å²) >= 11 is 0. The molecule has 0 bridgehead atoms. The molecule has 124 valence electrons. The molecule has 1 aromatic heterocycles. The van der Waals surface area contributed by atoms with E-state index in [2.05, 4.69) is 26.7 Å². The Hall–Kier alpha value is -2.63. The molecule has 6 nitrogen and oxygen atoms in total. The predicted octanol–water partition coefficient (Wildman–Crippen LogP) is 1.94. The van der Waals surface area contributed by atoms with Crippen molar-refractivity contribution in [2.45, 2.75) is 38.1 Å². The molecule has 1 aliphatic heterocycles. The first-order valence-corrected chi connectivity index (χ1v) is 8.45. The number of fused-ring (bicyclic) bond motifs is 1. The van der Waals surface area contributed by atoms with Crippen LogP contribution in [0.15, 0.2) is 29.1 Å². The van der Waals surface area contributed by atoms with Crippen LogP contribution in [-0.4, -0.2) is 22.4 Å². The molecule has 1 fully saturated rings. The van der Waals surface area contributed by atoms with Gasteiger partial charge >= 0.3 is 0 Å². The molecule has 0 saturated heterocycles. The number of aromatic amines is 1. The Morgan fingerprint density at radius 3 is 3.04 bits per heavy atom. The van der Waals surface area contributed by atoms with E-state index in [4.69, 9.17) is 0 Å². The van der Waals surface area contributed by atoms with Gasteiger partial charge in [0.05, 0.1) is 0 Å². The van der Waals surface area contributed by atoms with Gasteiger partial charge in [0.15, 0.2) is 0 Å². The topological polar surface area (TPSA) is 86.9 Å². The number of carbonyl (C=O) groups is 1. The minimum absolute atomic E-state index is 0.198. The summed E-state index contributed by atoms with van der Waals surface area (Å²) in [6.45, 7) is 1.43. The van der Waals surface area contributed by atoms with E-state index in [9.17, 15) is 9.59 Å². The SMILES string of the molecule is O=C(NCc1cccc2c1CCCN2)c1cc(=O)[nH]c(C2CC2)n1. The van der Waals surface area contributed by atoms with E-state index in [1.807, 2.05) is 12.1 Å². The van der Waals surface area contributed by atoms with Crippen molar-refractivity contribution in [3.8, 4) is 0 Å². The second-order valence-corrected chi connectivity index (χ2v) is 6.45. The zero-order valence-electron chi connectivity index (χ0n) is 13.4. The van der Waals surface area contributed by atoms with E-state index in [-0.39, 0.29) is 17.2 Å². The maximum absolute atomic E-state index is 12.4. The van der Waals surface area contributed by atoms with Crippen molar-refractivity contribution in [1.82, 2.24) is 15.3 Å². The first-order chi connectivity index (χ1) is 11.7. The number of anilines is 1. The first-order valence-electron chi connectivity index (χ1n) is 8.45. The number of hydrogen-bond donors (Lipinski definition) is 3. The van der Waals surface area contributed by atoms with E-state index in [0.717, 1.165) is 43.5 Å². The van der Waals surface area contributed by atoms with Crippen LogP contribution in [-0.2, 0) is 13.0 Å². The van der Waals surface area contributed by atoms with E-state index in [0.29, 0.717) is 18.3 Å². The summed E-state index contributed by atoms with van der Waals surface area (Å²) in [5, 5.41) is 6.28. The standard InChI is InChI=1S/C18H20N4O2/c23-16-9-15(21-17(22-16)11-6-7-11)18(24)20-10-12-3-1-5-14-13(12)4-2-8-19-14/h1,3,5,9,11,19H,2,4,6-8,10H2,(H,20,24)(H,21,22,23). The Morgan fingerprint density at radius 2 is 2.21 bits per heavy atom. The quantitative estimate of drug-likeness (QED) is 0.802. The van der Waals surface area contributed by atoms with Gasteiger partial charge in [-0.1, -0.05) is 12.1 Å². The third kappa shape index (κ3) is 3.04. The van der Waals surface area contributed by atoms with Gasteiger partial charge in [-0.3, -0.25) is 9.59 Å². The molecule has 2 heterocycles. The fraction of sp³-hybridized carbons (Fsp3) is 0.389. The lowest BCUT2D eigenvalue weighted by Gasteiger charge is -2.21. The van der Waals surface area contributed by atoms with Crippen LogP contribution in [0.25, 0.3) is 0 Å². The van der Waals surface area contributed by atoms with Crippen molar-refractivity contribution < 1.29 is 4.79 Å². The molecule has 0 unspecified atom stereocenters. The molecule has 1 amide bonds. The van der Waals surface area contributed by atoms with Gasteiger partial charge in [0.1, 0.15) is 11.5 Å². The molecule has 6 heteroatoms. The van der Waals surface area contributed by atoms with Gasteiger partial charge in [-0.15, -0.1) is 0 Å². The van der Waals surface area contributed by atoms with Gasteiger partial charge in [0.2, 0.25) is 0 Å². The van der Waals surface area contributed by atoms with E-state index in [1.165, 1.54) is 11.6 Å². The van der Waals surface area contributed by atoms with Crippen LogP contribution in [0, 0.1) is 0 Å². The summed E-state index contributed by atoms with van der Waals surface area (Å²) in [7, 11) is 0.